The minimum atomic E-state index is -0.401. The van der Waals surface area contributed by atoms with Crippen LogP contribution in [0.1, 0.15) is 13.3 Å². The summed E-state index contributed by atoms with van der Waals surface area (Å²) in [7, 11) is 0. The second kappa shape index (κ2) is 4.36. The third-order valence-corrected chi connectivity index (χ3v) is 2.61. The Morgan fingerprint density at radius 1 is 1.53 bits per heavy atom. The Morgan fingerprint density at radius 2 is 2.29 bits per heavy atom. The number of amides is 2. The molecular formula is C10H13N5O2. The van der Waals surface area contributed by atoms with Crippen LogP contribution in [0, 0.1) is 0 Å². The van der Waals surface area contributed by atoms with Gasteiger partial charge in [-0.05, 0) is 6.42 Å². The lowest BCUT2D eigenvalue weighted by molar-refractivity contribution is -0.132. The molecule has 0 aromatic carbocycles. The molecule has 0 bridgehead atoms. The lowest BCUT2D eigenvalue weighted by atomic mass is 10.1. The van der Waals surface area contributed by atoms with Gasteiger partial charge in [-0.2, -0.15) is 0 Å². The van der Waals surface area contributed by atoms with E-state index in [1.807, 2.05) is 6.92 Å². The highest BCUT2D eigenvalue weighted by Crippen LogP contribution is 2.19. The van der Waals surface area contributed by atoms with E-state index >= 15 is 0 Å². The quantitative estimate of drug-likeness (QED) is 0.657. The molecule has 2 heterocycles. The summed E-state index contributed by atoms with van der Waals surface area (Å²) >= 11 is 0. The van der Waals surface area contributed by atoms with Gasteiger partial charge in [-0.1, -0.05) is 6.92 Å². The second-order valence-electron chi connectivity index (χ2n) is 3.77. The van der Waals surface area contributed by atoms with Crippen LogP contribution in [-0.4, -0.2) is 34.4 Å². The van der Waals surface area contributed by atoms with Gasteiger partial charge in [0.05, 0.1) is 6.54 Å². The minimum Gasteiger partial charge on any atom is -0.384 e. The van der Waals surface area contributed by atoms with Gasteiger partial charge in [0.25, 0.3) is 0 Å². The summed E-state index contributed by atoms with van der Waals surface area (Å²) in [4.78, 5) is 32.5. The number of hydrogen-bond acceptors (Lipinski definition) is 6. The van der Waals surface area contributed by atoms with E-state index in [0.29, 0.717) is 18.1 Å². The van der Waals surface area contributed by atoms with Crippen LogP contribution in [0.5, 0.6) is 0 Å². The molecule has 90 valence electrons. The van der Waals surface area contributed by atoms with E-state index < -0.39 is 6.04 Å². The summed E-state index contributed by atoms with van der Waals surface area (Å²) in [6.07, 6.45) is 1.90. The normalized spacial score (nSPS) is 20.3. The van der Waals surface area contributed by atoms with Crippen molar-refractivity contribution < 1.29 is 9.59 Å². The Labute approximate surface area is 98.0 Å². The van der Waals surface area contributed by atoms with Gasteiger partial charge in [0.2, 0.25) is 11.8 Å². The Kier molecular flexibility index (Phi) is 2.90. The first-order valence-electron chi connectivity index (χ1n) is 5.29. The Morgan fingerprint density at radius 3 is 2.94 bits per heavy atom. The first-order valence-corrected chi connectivity index (χ1v) is 5.29. The van der Waals surface area contributed by atoms with Gasteiger partial charge in [-0.3, -0.25) is 14.9 Å². The fourth-order valence-corrected chi connectivity index (χ4v) is 1.83. The van der Waals surface area contributed by atoms with Crippen LogP contribution in [0.15, 0.2) is 12.4 Å². The van der Waals surface area contributed by atoms with Gasteiger partial charge in [0.1, 0.15) is 24.0 Å². The molecule has 1 aliphatic rings. The SMILES string of the molecule is CCC1C(=O)NC(=O)CN1c1cc(N)ncn1. The van der Waals surface area contributed by atoms with Crippen LogP contribution >= 0.6 is 0 Å². The molecular weight excluding hydrogens is 222 g/mol. The molecule has 1 aromatic rings. The number of hydrogen-bond donors (Lipinski definition) is 2. The molecule has 17 heavy (non-hydrogen) atoms. The van der Waals surface area contributed by atoms with Gasteiger partial charge in [0.15, 0.2) is 0 Å². The molecule has 0 spiro atoms. The van der Waals surface area contributed by atoms with Crippen molar-refractivity contribution in [3.05, 3.63) is 12.4 Å². The predicted molar refractivity (Wildman–Crippen MR) is 61.0 cm³/mol. The van der Waals surface area contributed by atoms with Gasteiger partial charge in [-0.15, -0.1) is 0 Å². The molecule has 2 amide bonds. The van der Waals surface area contributed by atoms with Crippen molar-refractivity contribution in [3.8, 4) is 0 Å². The number of nitrogen functional groups attached to an aromatic ring is 1. The average Bonchev–Trinajstić information content (AvgIpc) is 2.28. The number of aromatic nitrogens is 2. The van der Waals surface area contributed by atoms with E-state index in [-0.39, 0.29) is 18.4 Å². The molecule has 1 aliphatic heterocycles. The number of nitrogens with zero attached hydrogens (tertiary/aromatic N) is 3. The number of carbonyl (C=O) groups is 2. The van der Waals surface area contributed by atoms with Crippen LogP contribution < -0.4 is 16.0 Å². The molecule has 1 unspecified atom stereocenters. The summed E-state index contributed by atoms with van der Waals surface area (Å²) in [5.41, 5.74) is 5.56. The lowest BCUT2D eigenvalue weighted by Gasteiger charge is -2.34. The summed E-state index contributed by atoms with van der Waals surface area (Å²) in [5, 5.41) is 2.30. The summed E-state index contributed by atoms with van der Waals surface area (Å²) in [6, 6.07) is 1.15. The summed E-state index contributed by atoms with van der Waals surface area (Å²) in [6.45, 7) is 1.97. The molecule has 1 fully saturated rings. The maximum Gasteiger partial charge on any atom is 0.249 e. The van der Waals surface area contributed by atoms with Crippen LogP contribution in [0.2, 0.25) is 0 Å². The number of imide groups is 1. The molecule has 7 nitrogen and oxygen atoms in total. The summed E-state index contributed by atoms with van der Waals surface area (Å²) in [5.74, 6) is 0.161. The van der Waals surface area contributed by atoms with E-state index in [0.717, 1.165) is 0 Å². The fraction of sp³-hybridized carbons (Fsp3) is 0.400. The number of carbonyl (C=O) groups excluding carboxylic acids is 2. The highest BCUT2D eigenvalue weighted by Gasteiger charge is 2.33. The van der Waals surface area contributed by atoms with Gasteiger partial charge in [-0.25, -0.2) is 9.97 Å². The third-order valence-electron chi connectivity index (χ3n) is 2.61. The average molecular weight is 235 g/mol. The molecule has 7 heteroatoms. The lowest BCUT2D eigenvalue weighted by Crippen LogP contribution is -2.58. The molecule has 2 rings (SSSR count). The molecule has 3 N–H and O–H groups in total. The largest absolute Gasteiger partial charge is 0.384 e. The van der Waals surface area contributed by atoms with Crippen LogP contribution in [0.3, 0.4) is 0 Å². The van der Waals surface area contributed by atoms with Crippen molar-refractivity contribution in [3.63, 3.8) is 0 Å². The van der Waals surface area contributed by atoms with Gasteiger partial charge < -0.3 is 10.6 Å². The van der Waals surface area contributed by atoms with Gasteiger partial charge in [0, 0.05) is 6.07 Å². The van der Waals surface area contributed by atoms with Crippen molar-refractivity contribution in [1.29, 1.82) is 0 Å². The molecule has 1 saturated heterocycles. The maximum atomic E-state index is 11.7. The van der Waals surface area contributed by atoms with Crippen LogP contribution in [-0.2, 0) is 9.59 Å². The highest BCUT2D eigenvalue weighted by molar-refractivity contribution is 6.04. The van der Waals surface area contributed by atoms with Crippen molar-refractivity contribution in [2.24, 2.45) is 0 Å². The summed E-state index contributed by atoms with van der Waals surface area (Å²) < 4.78 is 0. The van der Waals surface area contributed by atoms with E-state index in [9.17, 15) is 9.59 Å². The van der Waals surface area contributed by atoms with E-state index in [4.69, 9.17) is 5.73 Å². The molecule has 0 aliphatic carbocycles. The number of nitrogens with two attached hydrogens (primary N) is 1. The zero-order valence-electron chi connectivity index (χ0n) is 9.38. The minimum absolute atomic E-state index is 0.0979. The third kappa shape index (κ3) is 2.17. The van der Waals surface area contributed by atoms with E-state index in [1.54, 1.807) is 11.0 Å². The number of piperazine rings is 1. The Bertz CT molecular complexity index is 462. The molecule has 0 saturated carbocycles. The predicted octanol–water partition coefficient (Wildman–Crippen LogP) is -0.700. The second-order valence-corrected chi connectivity index (χ2v) is 3.77. The van der Waals surface area contributed by atoms with Crippen LogP contribution in [0.4, 0.5) is 11.6 Å². The maximum absolute atomic E-state index is 11.7. The number of anilines is 2. The van der Waals surface area contributed by atoms with Crippen molar-refractivity contribution >= 4 is 23.5 Å². The first kappa shape index (κ1) is 11.3. The van der Waals surface area contributed by atoms with Crippen LogP contribution in [0.25, 0.3) is 0 Å². The highest BCUT2D eigenvalue weighted by atomic mass is 16.2. The molecule has 1 aromatic heterocycles. The Hall–Kier alpha value is -2.18. The van der Waals surface area contributed by atoms with Gasteiger partial charge >= 0.3 is 0 Å². The molecule has 0 radical (unpaired) electrons. The Balaban J connectivity index is 2.34. The zero-order valence-corrected chi connectivity index (χ0v) is 9.38. The van der Waals surface area contributed by atoms with Crippen molar-refractivity contribution in [1.82, 2.24) is 15.3 Å². The van der Waals surface area contributed by atoms with Crippen molar-refractivity contribution in [2.75, 3.05) is 17.2 Å². The zero-order chi connectivity index (χ0) is 12.4. The van der Waals surface area contributed by atoms with Crippen molar-refractivity contribution in [2.45, 2.75) is 19.4 Å². The van der Waals surface area contributed by atoms with E-state index in [2.05, 4.69) is 15.3 Å². The fourth-order valence-electron chi connectivity index (χ4n) is 1.83. The number of nitrogens with one attached hydrogen (secondary N) is 1. The molecule has 1 atom stereocenters. The smallest absolute Gasteiger partial charge is 0.249 e. The first-order chi connectivity index (χ1) is 8.11. The monoisotopic (exact) mass is 235 g/mol. The standard InChI is InChI=1S/C10H13N5O2/c1-2-6-10(17)14-9(16)4-15(6)8-3-7(11)12-5-13-8/h3,5-6H,2,4H2,1H3,(H2,11,12,13)(H,14,16,17). The number of rotatable bonds is 2. The van der Waals surface area contributed by atoms with E-state index in [1.165, 1.54) is 6.33 Å². The topological polar surface area (TPSA) is 101 Å².